The third-order valence-electron chi connectivity index (χ3n) is 2.57. The van der Waals surface area contributed by atoms with Crippen LogP contribution in [0.1, 0.15) is 11.1 Å². The molecule has 2 rings (SSSR count). The van der Waals surface area contributed by atoms with Crippen molar-refractivity contribution in [1.29, 1.82) is 5.26 Å². The molecule has 0 atom stereocenters. The fraction of sp³-hybridized carbons (Fsp3) is 0.333. The third kappa shape index (κ3) is 3.26. The van der Waals surface area contributed by atoms with E-state index in [0.29, 0.717) is 28.8 Å². The number of aliphatic hydroxyl groups is 1. The van der Waals surface area contributed by atoms with Crippen molar-refractivity contribution in [2.24, 2.45) is 0 Å². The standard InChI is InChI=1S/C12H13N5O2S/c1-19-11-6-9(2-3-10(11)7-13)8-20-12-14-15-16-17(12)4-5-18/h2-3,6,18H,4-5,8H2,1H3. The molecule has 0 saturated carbocycles. The third-order valence-corrected chi connectivity index (χ3v) is 3.59. The van der Waals surface area contributed by atoms with E-state index < -0.39 is 0 Å². The van der Waals surface area contributed by atoms with Crippen LogP contribution in [0.5, 0.6) is 5.75 Å². The highest BCUT2D eigenvalue weighted by molar-refractivity contribution is 7.98. The Hall–Kier alpha value is -2.11. The number of rotatable bonds is 6. The highest BCUT2D eigenvalue weighted by atomic mass is 32.2. The lowest BCUT2D eigenvalue weighted by molar-refractivity contribution is 0.262. The van der Waals surface area contributed by atoms with Gasteiger partial charge in [-0.1, -0.05) is 17.8 Å². The number of thioether (sulfide) groups is 1. The number of aliphatic hydroxyl groups excluding tert-OH is 1. The topological polar surface area (TPSA) is 96.8 Å². The van der Waals surface area contributed by atoms with Gasteiger partial charge in [-0.15, -0.1) is 5.10 Å². The summed E-state index contributed by atoms with van der Waals surface area (Å²) in [6.07, 6.45) is 0. The smallest absolute Gasteiger partial charge is 0.209 e. The van der Waals surface area contributed by atoms with Crippen LogP contribution in [0.4, 0.5) is 0 Å². The molecule has 2 aromatic rings. The van der Waals surface area contributed by atoms with Crippen molar-refractivity contribution in [3.05, 3.63) is 29.3 Å². The number of hydrogen-bond acceptors (Lipinski definition) is 7. The van der Waals surface area contributed by atoms with Crippen molar-refractivity contribution in [3.8, 4) is 11.8 Å². The Morgan fingerprint density at radius 2 is 2.35 bits per heavy atom. The van der Waals surface area contributed by atoms with Gasteiger partial charge in [-0.25, -0.2) is 4.68 Å². The predicted octanol–water partition coefficient (Wildman–Crippen LogP) is 0.838. The Balaban J connectivity index is 2.07. The molecule has 0 aliphatic rings. The van der Waals surface area contributed by atoms with Gasteiger partial charge in [-0.05, 0) is 28.1 Å². The second kappa shape index (κ2) is 6.88. The first kappa shape index (κ1) is 14.3. The lowest BCUT2D eigenvalue weighted by Gasteiger charge is -2.06. The van der Waals surface area contributed by atoms with E-state index in [-0.39, 0.29) is 6.61 Å². The Kier molecular flexibility index (Phi) is 4.92. The second-order valence-electron chi connectivity index (χ2n) is 3.84. The van der Waals surface area contributed by atoms with Crippen LogP contribution in [-0.2, 0) is 12.3 Å². The fourth-order valence-electron chi connectivity index (χ4n) is 1.60. The van der Waals surface area contributed by atoms with Crippen molar-refractivity contribution < 1.29 is 9.84 Å². The molecule has 0 saturated heterocycles. The van der Waals surface area contributed by atoms with Gasteiger partial charge in [0.1, 0.15) is 11.8 Å². The molecule has 8 heteroatoms. The number of nitrogens with zero attached hydrogens (tertiary/aromatic N) is 5. The minimum atomic E-state index is -0.0106. The maximum Gasteiger partial charge on any atom is 0.209 e. The van der Waals surface area contributed by atoms with Crippen molar-refractivity contribution in [1.82, 2.24) is 20.2 Å². The van der Waals surface area contributed by atoms with E-state index in [1.165, 1.54) is 18.9 Å². The Labute approximate surface area is 120 Å². The normalized spacial score (nSPS) is 10.2. The summed E-state index contributed by atoms with van der Waals surface area (Å²) in [4.78, 5) is 0. The van der Waals surface area contributed by atoms with E-state index in [1.807, 2.05) is 12.1 Å². The molecule has 0 spiro atoms. The molecule has 104 valence electrons. The Bertz CT molecular complexity index is 623. The fourth-order valence-corrected chi connectivity index (χ4v) is 2.45. The van der Waals surface area contributed by atoms with Gasteiger partial charge in [0.25, 0.3) is 0 Å². The molecule has 0 fully saturated rings. The number of methoxy groups -OCH3 is 1. The second-order valence-corrected chi connectivity index (χ2v) is 4.79. The summed E-state index contributed by atoms with van der Waals surface area (Å²) < 4.78 is 6.71. The average molecular weight is 291 g/mol. The van der Waals surface area contributed by atoms with E-state index >= 15 is 0 Å². The number of benzene rings is 1. The molecule has 0 amide bonds. The summed E-state index contributed by atoms with van der Waals surface area (Å²) in [7, 11) is 1.54. The Morgan fingerprint density at radius 1 is 1.50 bits per heavy atom. The summed E-state index contributed by atoms with van der Waals surface area (Å²) >= 11 is 1.46. The van der Waals surface area contributed by atoms with Gasteiger partial charge >= 0.3 is 0 Å². The van der Waals surface area contributed by atoms with Crippen LogP contribution >= 0.6 is 11.8 Å². The maximum atomic E-state index is 8.93. The number of hydrogen-bond donors (Lipinski definition) is 1. The number of tetrazole rings is 1. The SMILES string of the molecule is COc1cc(CSc2nnnn2CCO)ccc1C#N. The van der Waals surface area contributed by atoms with Gasteiger partial charge < -0.3 is 9.84 Å². The molecule has 7 nitrogen and oxygen atoms in total. The zero-order valence-corrected chi connectivity index (χ0v) is 11.7. The molecule has 1 aromatic heterocycles. The van der Waals surface area contributed by atoms with Gasteiger partial charge in [0.15, 0.2) is 0 Å². The van der Waals surface area contributed by atoms with Crippen molar-refractivity contribution in [2.75, 3.05) is 13.7 Å². The molecule has 0 unspecified atom stereocenters. The minimum absolute atomic E-state index is 0.0106. The van der Waals surface area contributed by atoms with E-state index in [9.17, 15) is 0 Å². The lowest BCUT2D eigenvalue weighted by Crippen LogP contribution is -2.05. The molecule has 0 bridgehead atoms. The van der Waals surface area contributed by atoms with Crippen LogP contribution in [0.2, 0.25) is 0 Å². The molecule has 0 aliphatic heterocycles. The summed E-state index contributed by atoms with van der Waals surface area (Å²) in [5.74, 6) is 1.20. The van der Waals surface area contributed by atoms with E-state index in [0.717, 1.165) is 5.56 Å². The van der Waals surface area contributed by atoms with E-state index in [1.54, 1.807) is 10.7 Å². The van der Waals surface area contributed by atoms with Gasteiger partial charge in [0.2, 0.25) is 5.16 Å². The highest BCUT2D eigenvalue weighted by Gasteiger charge is 2.08. The number of ether oxygens (including phenoxy) is 1. The van der Waals surface area contributed by atoms with E-state index in [4.69, 9.17) is 15.1 Å². The summed E-state index contributed by atoms with van der Waals surface area (Å²) in [6, 6.07) is 7.50. The summed E-state index contributed by atoms with van der Waals surface area (Å²) in [5.41, 5.74) is 1.51. The zero-order valence-electron chi connectivity index (χ0n) is 10.9. The van der Waals surface area contributed by atoms with Gasteiger partial charge in [0, 0.05) is 5.75 Å². The molecular formula is C12H13N5O2S. The quantitative estimate of drug-likeness (QED) is 0.787. The molecule has 0 radical (unpaired) electrons. The van der Waals surface area contributed by atoms with Crippen molar-refractivity contribution in [3.63, 3.8) is 0 Å². The monoisotopic (exact) mass is 291 g/mol. The first-order valence-corrected chi connectivity index (χ1v) is 6.84. The van der Waals surface area contributed by atoms with E-state index in [2.05, 4.69) is 21.6 Å². The maximum absolute atomic E-state index is 8.93. The van der Waals surface area contributed by atoms with Gasteiger partial charge in [-0.3, -0.25) is 0 Å². The molecule has 1 aromatic carbocycles. The van der Waals surface area contributed by atoms with Crippen LogP contribution in [-0.4, -0.2) is 39.0 Å². The highest BCUT2D eigenvalue weighted by Crippen LogP contribution is 2.24. The average Bonchev–Trinajstić information content (AvgIpc) is 2.92. The Morgan fingerprint density at radius 3 is 3.05 bits per heavy atom. The first-order chi connectivity index (χ1) is 9.78. The summed E-state index contributed by atoms with van der Waals surface area (Å²) in [6.45, 7) is 0.356. The van der Waals surface area contributed by atoms with Crippen LogP contribution < -0.4 is 4.74 Å². The van der Waals surface area contributed by atoms with Crippen molar-refractivity contribution in [2.45, 2.75) is 17.5 Å². The first-order valence-electron chi connectivity index (χ1n) is 5.85. The molecule has 20 heavy (non-hydrogen) atoms. The minimum Gasteiger partial charge on any atom is -0.495 e. The van der Waals surface area contributed by atoms with Crippen LogP contribution in [0.3, 0.4) is 0 Å². The molecule has 1 heterocycles. The lowest BCUT2D eigenvalue weighted by atomic mass is 10.1. The zero-order chi connectivity index (χ0) is 14.4. The molecular weight excluding hydrogens is 278 g/mol. The molecule has 0 aliphatic carbocycles. The predicted molar refractivity (Wildman–Crippen MR) is 72.2 cm³/mol. The van der Waals surface area contributed by atoms with Gasteiger partial charge in [-0.2, -0.15) is 5.26 Å². The largest absolute Gasteiger partial charge is 0.495 e. The van der Waals surface area contributed by atoms with Crippen LogP contribution in [0, 0.1) is 11.3 Å². The number of aromatic nitrogens is 4. The summed E-state index contributed by atoms with van der Waals surface area (Å²) in [5, 5.41) is 29.7. The van der Waals surface area contributed by atoms with Gasteiger partial charge in [0.05, 0.1) is 25.8 Å². The molecule has 1 N–H and O–H groups in total. The van der Waals surface area contributed by atoms with Crippen LogP contribution in [0.15, 0.2) is 23.4 Å². The number of nitriles is 1. The van der Waals surface area contributed by atoms with Crippen LogP contribution in [0.25, 0.3) is 0 Å². The van der Waals surface area contributed by atoms with Crippen molar-refractivity contribution >= 4 is 11.8 Å².